The van der Waals surface area contributed by atoms with Crippen molar-refractivity contribution in [2.45, 2.75) is 10.2 Å². The molecule has 9 nitrogen and oxygen atoms in total. The number of carbonyl (C=O) groups is 1. The van der Waals surface area contributed by atoms with Gasteiger partial charge < -0.3 is 5.11 Å². The van der Waals surface area contributed by atoms with Gasteiger partial charge in [-0.2, -0.15) is 10.1 Å². The van der Waals surface area contributed by atoms with Crippen LogP contribution in [0.25, 0.3) is 0 Å². The lowest BCUT2D eigenvalue weighted by atomic mass is 10.3. The van der Waals surface area contributed by atoms with E-state index in [4.69, 9.17) is 5.11 Å². The third kappa shape index (κ3) is 2.68. The van der Waals surface area contributed by atoms with Crippen molar-refractivity contribution in [3.63, 3.8) is 0 Å². The molecule has 0 amide bonds. The van der Waals surface area contributed by atoms with E-state index in [0.717, 1.165) is 11.8 Å². The van der Waals surface area contributed by atoms with Gasteiger partial charge in [-0.15, -0.1) is 5.10 Å². The minimum Gasteiger partial charge on any atom is -0.478 e. The van der Waals surface area contributed by atoms with E-state index in [-0.39, 0.29) is 15.7 Å². The summed E-state index contributed by atoms with van der Waals surface area (Å²) in [7, 11) is 1.47. The lowest BCUT2D eigenvalue weighted by Crippen LogP contribution is -2.33. The van der Waals surface area contributed by atoms with E-state index in [1.54, 1.807) is 0 Å². The molecule has 0 atom stereocenters. The number of aromatic nitrogens is 5. The molecule has 2 N–H and O–H groups in total. The van der Waals surface area contributed by atoms with Crippen LogP contribution in [0.2, 0.25) is 0 Å². The Morgan fingerprint density at radius 3 is 2.89 bits per heavy atom. The summed E-state index contributed by atoms with van der Waals surface area (Å²) in [6, 6.07) is 1.28. The van der Waals surface area contributed by atoms with Gasteiger partial charge in [0.15, 0.2) is 5.16 Å². The van der Waals surface area contributed by atoms with Crippen LogP contribution < -0.4 is 11.1 Å². The third-order valence-electron chi connectivity index (χ3n) is 2.05. The van der Waals surface area contributed by atoms with Crippen LogP contribution in [0.3, 0.4) is 0 Å². The van der Waals surface area contributed by atoms with Gasteiger partial charge in [-0.3, -0.25) is 19.4 Å². The van der Waals surface area contributed by atoms with E-state index in [2.05, 4.69) is 20.3 Å². The summed E-state index contributed by atoms with van der Waals surface area (Å²) in [6.45, 7) is 0. The lowest BCUT2D eigenvalue weighted by Gasteiger charge is -2.06. The Bertz CT molecular complexity index is 753. The van der Waals surface area contributed by atoms with E-state index in [1.807, 2.05) is 0 Å². The molecular formula is C9H7N5O4S. The Morgan fingerprint density at radius 1 is 1.47 bits per heavy atom. The topological polar surface area (TPSA) is 131 Å². The highest BCUT2D eigenvalue weighted by atomic mass is 32.2. The monoisotopic (exact) mass is 281 g/mol. The summed E-state index contributed by atoms with van der Waals surface area (Å²) in [5.41, 5.74) is -1.88. The van der Waals surface area contributed by atoms with Crippen LogP contribution in [0, 0.1) is 0 Å². The zero-order valence-corrected chi connectivity index (χ0v) is 10.3. The Kier molecular flexibility index (Phi) is 3.42. The maximum absolute atomic E-state index is 11.2. The molecule has 10 heteroatoms. The maximum Gasteiger partial charge on any atom is 0.339 e. The Labute approximate surface area is 109 Å². The second-order valence-electron chi connectivity index (χ2n) is 3.36. The van der Waals surface area contributed by atoms with Gasteiger partial charge >= 0.3 is 17.1 Å². The number of nitrogens with one attached hydrogen (secondary N) is 1. The number of aryl methyl sites for hydroxylation is 1. The summed E-state index contributed by atoms with van der Waals surface area (Å²) in [6.07, 6.45) is 1.24. The molecule has 0 saturated carbocycles. The molecule has 0 saturated heterocycles. The van der Waals surface area contributed by atoms with Gasteiger partial charge in [0.2, 0.25) is 0 Å². The summed E-state index contributed by atoms with van der Waals surface area (Å²) in [5, 5.41) is 18.7. The highest BCUT2D eigenvalue weighted by molar-refractivity contribution is 7.99. The molecular weight excluding hydrogens is 274 g/mol. The average molecular weight is 281 g/mol. The van der Waals surface area contributed by atoms with Gasteiger partial charge in [0.05, 0.1) is 11.8 Å². The SMILES string of the molecule is Cn1[nH]c(=O)c(=O)nc1Sc1nnccc1C(=O)O. The first-order valence-corrected chi connectivity index (χ1v) is 5.71. The molecule has 0 spiro atoms. The summed E-state index contributed by atoms with van der Waals surface area (Å²) in [4.78, 5) is 36.7. The molecule has 19 heavy (non-hydrogen) atoms. The molecule has 0 radical (unpaired) electrons. The van der Waals surface area contributed by atoms with Crippen LogP contribution in [0.4, 0.5) is 0 Å². The molecule has 0 aromatic carbocycles. The van der Waals surface area contributed by atoms with E-state index in [1.165, 1.54) is 24.0 Å². The first-order valence-electron chi connectivity index (χ1n) is 4.89. The van der Waals surface area contributed by atoms with Gasteiger partial charge in [0.1, 0.15) is 5.03 Å². The van der Waals surface area contributed by atoms with Gasteiger partial charge in [-0.25, -0.2) is 4.79 Å². The normalized spacial score (nSPS) is 10.4. The predicted molar refractivity (Wildman–Crippen MR) is 63.2 cm³/mol. The van der Waals surface area contributed by atoms with Crippen LogP contribution in [0.5, 0.6) is 0 Å². The van der Waals surface area contributed by atoms with Crippen molar-refractivity contribution in [2.24, 2.45) is 7.05 Å². The van der Waals surface area contributed by atoms with E-state index < -0.39 is 17.1 Å². The number of aromatic carboxylic acids is 1. The molecule has 0 aliphatic carbocycles. The number of hydrogen-bond donors (Lipinski definition) is 2. The second-order valence-corrected chi connectivity index (χ2v) is 4.31. The molecule has 2 rings (SSSR count). The minimum atomic E-state index is -1.17. The number of nitrogens with zero attached hydrogens (tertiary/aromatic N) is 4. The fourth-order valence-corrected chi connectivity index (χ4v) is 2.03. The first kappa shape index (κ1) is 13.0. The van der Waals surface area contributed by atoms with Crippen LogP contribution in [-0.4, -0.2) is 36.0 Å². The van der Waals surface area contributed by atoms with Crippen molar-refractivity contribution >= 4 is 17.7 Å². The number of carboxylic acids is 1. The van der Waals surface area contributed by atoms with E-state index in [9.17, 15) is 14.4 Å². The minimum absolute atomic E-state index is 0.0690. The molecule has 2 aromatic rings. The lowest BCUT2D eigenvalue weighted by molar-refractivity contribution is 0.0692. The van der Waals surface area contributed by atoms with Crippen LogP contribution in [0.15, 0.2) is 32.0 Å². The number of carboxylic acid groups (broad SMARTS) is 1. The van der Waals surface area contributed by atoms with Gasteiger partial charge in [0.25, 0.3) is 0 Å². The van der Waals surface area contributed by atoms with Crippen molar-refractivity contribution < 1.29 is 9.90 Å². The molecule has 2 heterocycles. The van der Waals surface area contributed by atoms with Crippen molar-refractivity contribution in [2.75, 3.05) is 0 Å². The summed E-state index contributed by atoms with van der Waals surface area (Å²) in [5.74, 6) is -1.17. The molecule has 0 aliphatic rings. The van der Waals surface area contributed by atoms with E-state index in [0.29, 0.717) is 0 Å². The number of hydrogen-bond acceptors (Lipinski definition) is 7. The average Bonchev–Trinajstić information content (AvgIpc) is 2.36. The van der Waals surface area contributed by atoms with Crippen molar-refractivity contribution in [3.8, 4) is 0 Å². The van der Waals surface area contributed by atoms with Crippen molar-refractivity contribution in [3.05, 3.63) is 38.5 Å². The number of rotatable bonds is 3. The molecule has 2 aromatic heterocycles. The smallest absolute Gasteiger partial charge is 0.339 e. The molecule has 0 fully saturated rings. The van der Waals surface area contributed by atoms with Gasteiger partial charge in [-0.05, 0) is 17.8 Å². The van der Waals surface area contributed by atoms with Crippen LogP contribution in [-0.2, 0) is 7.05 Å². The maximum atomic E-state index is 11.2. The highest BCUT2D eigenvalue weighted by Crippen LogP contribution is 2.24. The zero-order chi connectivity index (χ0) is 14.0. The second kappa shape index (κ2) is 5.02. The van der Waals surface area contributed by atoms with E-state index >= 15 is 0 Å². The molecule has 0 aliphatic heterocycles. The quantitative estimate of drug-likeness (QED) is 0.692. The first-order chi connectivity index (χ1) is 8.99. The van der Waals surface area contributed by atoms with Gasteiger partial charge in [-0.1, -0.05) is 0 Å². The summed E-state index contributed by atoms with van der Waals surface area (Å²) < 4.78 is 1.20. The largest absolute Gasteiger partial charge is 0.478 e. The molecule has 0 bridgehead atoms. The Hall–Kier alpha value is -2.49. The standard InChI is InChI=1S/C9H7N5O4S/c1-14-9(11-5(15)6(16)13-14)19-7-4(8(17)18)2-3-10-12-7/h2-3H,1H3,(H,13,16)(H,17,18). The fourth-order valence-electron chi connectivity index (χ4n) is 1.20. The van der Waals surface area contributed by atoms with Crippen molar-refractivity contribution in [1.29, 1.82) is 0 Å². The predicted octanol–water partition coefficient (Wildman–Crippen LogP) is -0.892. The van der Waals surface area contributed by atoms with Crippen LogP contribution >= 0.6 is 11.8 Å². The van der Waals surface area contributed by atoms with Crippen LogP contribution in [0.1, 0.15) is 10.4 Å². The fraction of sp³-hybridized carbons (Fsp3) is 0.111. The zero-order valence-electron chi connectivity index (χ0n) is 9.52. The Balaban J connectivity index is 2.48. The highest BCUT2D eigenvalue weighted by Gasteiger charge is 2.15. The number of H-pyrrole nitrogens is 1. The summed E-state index contributed by atoms with van der Waals surface area (Å²) >= 11 is 0.819. The molecule has 98 valence electrons. The Morgan fingerprint density at radius 2 is 2.21 bits per heavy atom. The molecule has 0 unspecified atom stereocenters. The van der Waals surface area contributed by atoms with Crippen molar-refractivity contribution in [1.82, 2.24) is 25.0 Å². The number of aromatic amines is 1. The third-order valence-corrected chi connectivity index (χ3v) is 3.10. The van der Waals surface area contributed by atoms with Gasteiger partial charge in [0, 0.05) is 7.05 Å².